The molecule has 0 aliphatic rings. The van der Waals surface area contributed by atoms with E-state index in [4.69, 9.17) is 4.55 Å². The van der Waals surface area contributed by atoms with E-state index >= 15 is 0 Å². The maximum atomic E-state index is 12.2. The number of rotatable bonds is 21. The highest BCUT2D eigenvalue weighted by Crippen LogP contribution is 2.54. The van der Waals surface area contributed by atoms with Crippen molar-refractivity contribution < 1.29 is 52.5 Å². The van der Waals surface area contributed by atoms with Crippen LogP contribution in [0.15, 0.2) is 72.8 Å². The fraction of sp³-hybridized carbons (Fsp3) is 0.550. The number of hydrogen-bond acceptors (Lipinski definition) is 2. The lowest BCUT2D eigenvalue weighted by atomic mass is 10.1. The largest absolute Gasteiger partial charge is 0.460 e. The number of benzene rings is 3. The average Bonchev–Trinajstić information content (AvgIpc) is 3.11. The first-order valence-electron chi connectivity index (χ1n) is 18.5. The van der Waals surface area contributed by atoms with E-state index in [0.717, 1.165) is 0 Å². The fourth-order valence-electron chi connectivity index (χ4n) is 5.67. The van der Waals surface area contributed by atoms with E-state index in [1.807, 2.05) is 0 Å². The zero-order valence-electron chi connectivity index (χ0n) is 31.1. The molecule has 0 saturated heterocycles. The average molecular weight is 815 g/mol. The van der Waals surface area contributed by atoms with E-state index in [1.54, 1.807) is 0 Å². The monoisotopic (exact) mass is 814 g/mol. The highest BCUT2D eigenvalue weighted by molar-refractivity contribution is 7.87. The van der Waals surface area contributed by atoms with Gasteiger partial charge in [-0.15, -0.1) is 0 Å². The fourth-order valence-corrected chi connectivity index (χ4v) is 8.36. The second-order valence-corrected chi connectivity index (χ2v) is 17.1. The van der Waals surface area contributed by atoms with Crippen LogP contribution in [0, 0.1) is 0 Å². The number of hydrogen-bond donors (Lipinski definition) is 1. The van der Waals surface area contributed by atoms with Gasteiger partial charge in [0.05, 0.1) is 0 Å². The first-order valence-corrected chi connectivity index (χ1v) is 21.3. The summed E-state index contributed by atoms with van der Waals surface area (Å²) in [6.45, 7) is 6.86. The second-order valence-electron chi connectivity index (χ2n) is 13.4. The lowest BCUT2D eigenvalue weighted by Gasteiger charge is -2.31. The van der Waals surface area contributed by atoms with Gasteiger partial charge in [-0.25, -0.2) is 0 Å². The second kappa shape index (κ2) is 21.6. The van der Waals surface area contributed by atoms with E-state index in [1.165, 1.54) is 129 Å². The van der Waals surface area contributed by atoms with Crippen LogP contribution in [0.25, 0.3) is 0 Å². The molecule has 54 heavy (non-hydrogen) atoms. The lowest BCUT2D eigenvalue weighted by molar-refractivity contribution is -0.382. The van der Waals surface area contributed by atoms with Gasteiger partial charge in [0.25, 0.3) is 0 Å². The molecule has 3 nitrogen and oxygen atoms in total. The third-order valence-corrected chi connectivity index (χ3v) is 12.3. The Morgan fingerprint density at radius 2 is 0.741 bits per heavy atom. The van der Waals surface area contributed by atoms with Crippen molar-refractivity contribution in [2.45, 2.75) is 140 Å². The Bertz CT molecular complexity index is 1480. The van der Waals surface area contributed by atoms with Crippen LogP contribution in [0.1, 0.15) is 115 Å². The summed E-state index contributed by atoms with van der Waals surface area (Å²) in [5, 5.41) is -2.59. The minimum atomic E-state index is -7.37. The molecule has 304 valence electrons. The first-order chi connectivity index (χ1) is 25.2. The number of aryl methyl sites for hydroxylation is 3. The molecule has 0 spiro atoms. The summed E-state index contributed by atoms with van der Waals surface area (Å²) >= 11 is 0. The van der Waals surface area contributed by atoms with Gasteiger partial charge in [0.15, 0.2) is 0 Å². The SMILES string of the molecule is CCCCCCc1ccc(P(c2ccc(CCCCCC)cc2)c2ccc(CCCCCC)cc2)cc1.O=S(=O)(O)C(F)(F)C(F)(F)C(F)(F)C(F)(F)F. The third kappa shape index (κ3) is 13.2. The summed E-state index contributed by atoms with van der Waals surface area (Å²) in [4.78, 5) is 0. The van der Waals surface area contributed by atoms with E-state index in [-0.39, 0.29) is 0 Å². The first kappa shape index (κ1) is 47.5. The number of halogens is 9. The molecule has 3 aromatic carbocycles. The van der Waals surface area contributed by atoms with E-state index < -0.39 is 41.3 Å². The molecular weight excluding hydrogens is 762 g/mol. The van der Waals surface area contributed by atoms with Crippen LogP contribution in [0.2, 0.25) is 0 Å². The summed E-state index contributed by atoms with van der Waals surface area (Å²) in [6, 6.07) is 28.8. The van der Waals surface area contributed by atoms with E-state index in [9.17, 15) is 47.9 Å². The molecular formula is C40H52F9O3PS. The molecule has 0 amide bonds. The van der Waals surface area contributed by atoms with Crippen LogP contribution in [-0.2, 0) is 29.4 Å². The van der Waals surface area contributed by atoms with E-state index in [2.05, 4.69) is 93.6 Å². The minimum absolute atomic E-state index is 0.539. The highest BCUT2D eigenvalue weighted by Gasteiger charge is 2.85. The van der Waals surface area contributed by atoms with Gasteiger partial charge in [-0.3, -0.25) is 4.55 Å². The van der Waals surface area contributed by atoms with Crippen molar-refractivity contribution >= 4 is 34.0 Å². The topological polar surface area (TPSA) is 54.4 Å². The van der Waals surface area contributed by atoms with Crippen LogP contribution in [-0.4, -0.2) is 36.2 Å². The van der Waals surface area contributed by atoms with Crippen LogP contribution < -0.4 is 15.9 Å². The maximum absolute atomic E-state index is 12.2. The van der Waals surface area contributed by atoms with E-state index in [0.29, 0.717) is 0 Å². The molecule has 0 atom stereocenters. The smallest absolute Gasteiger partial charge is 0.281 e. The molecule has 0 radical (unpaired) electrons. The summed E-state index contributed by atoms with van der Waals surface area (Å²) < 4.78 is 134. The predicted octanol–water partition coefficient (Wildman–Crippen LogP) is 12.1. The molecule has 0 aliphatic heterocycles. The molecule has 0 bridgehead atoms. The summed E-state index contributed by atoms with van der Waals surface area (Å²) in [5.74, 6) is -14.7. The van der Waals surface area contributed by atoms with Gasteiger partial charge < -0.3 is 0 Å². The predicted molar refractivity (Wildman–Crippen MR) is 201 cm³/mol. The highest BCUT2D eigenvalue weighted by atomic mass is 32.2. The van der Waals surface area contributed by atoms with Gasteiger partial charge >= 0.3 is 33.4 Å². The molecule has 0 aromatic heterocycles. The molecule has 0 unspecified atom stereocenters. The van der Waals surface area contributed by atoms with Crippen LogP contribution >= 0.6 is 7.92 Å². The number of alkyl halides is 9. The summed E-state index contributed by atoms with van der Waals surface area (Å²) in [6.07, 6.45) is 12.4. The van der Waals surface area contributed by atoms with Gasteiger partial charge in [-0.1, -0.05) is 151 Å². The normalized spacial score (nSPS) is 12.9. The van der Waals surface area contributed by atoms with Gasteiger partial charge in [0.1, 0.15) is 0 Å². The zero-order chi connectivity index (χ0) is 40.6. The quantitative estimate of drug-likeness (QED) is 0.0504. The van der Waals surface area contributed by atoms with Gasteiger partial charge in [0, 0.05) is 0 Å². The van der Waals surface area contributed by atoms with Gasteiger partial charge in [0.2, 0.25) is 0 Å². The summed E-state index contributed by atoms with van der Waals surface area (Å²) in [7, 11) is -7.71. The molecule has 3 aromatic rings. The molecule has 0 aliphatic carbocycles. The third-order valence-electron chi connectivity index (χ3n) is 8.98. The Balaban J connectivity index is 0.000000500. The van der Waals surface area contributed by atoms with Crippen molar-refractivity contribution in [3.05, 3.63) is 89.5 Å². The van der Waals surface area contributed by atoms with Gasteiger partial charge in [-0.05, 0) is 79.1 Å². The Morgan fingerprint density at radius 1 is 0.463 bits per heavy atom. The van der Waals surface area contributed by atoms with Crippen molar-refractivity contribution in [1.29, 1.82) is 0 Å². The van der Waals surface area contributed by atoms with Crippen molar-refractivity contribution in [2.24, 2.45) is 0 Å². The van der Waals surface area contributed by atoms with Gasteiger partial charge in [-0.2, -0.15) is 47.9 Å². The molecule has 0 saturated carbocycles. The van der Waals surface area contributed by atoms with Crippen LogP contribution in [0.3, 0.4) is 0 Å². The molecule has 14 heteroatoms. The van der Waals surface area contributed by atoms with Crippen molar-refractivity contribution in [1.82, 2.24) is 0 Å². The Morgan fingerprint density at radius 3 is 0.963 bits per heavy atom. The molecule has 0 heterocycles. The van der Waals surface area contributed by atoms with Crippen molar-refractivity contribution in [3.63, 3.8) is 0 Å². The van der Waals surface area contributed by atoms with Crippen LogP contribution in [0.5, 0.6) is 0 Å². The van der Waals surface area contributed by atoms with Crippen molar-refractivity contribution in [2.75, 3.05) is 0 Å². The minimum Gasteiger partial charge on any atom is -0.281 e. The molecule has 3 rings (SSSR count). The van der Waals surface area contributed by atoms with Crippen molar-refractivity contribution in [3.8, 4) is 0 Å². The lowest BCUT2D eigenvalue weighted by Crippen LogP contribution is -2.63. The zero-order valence-corrected chi connectivity index (χ0v) is 32.8. The Kier molecular flexibility index (Phi) is 19.0. The Hall–Kier alpha value is -2.63. The van der Waals surface area contributed by atoms with Crippen LogP contribution in [0.4, 0.5) is 39.5 Å². The Labute approximate surface area is 315 Å². The number of unbranched alkanes of at least 4 members (excludes halogenated alkanes) is 9. The maximum Gasteiger partial charge on any atom is 0.460 e. The standard InChI is InChI=1S/C36H51P.C4HF9O3S/c1-4-7-10-13-16-31-19-25-34(26-20-31)37(35-27-21-32(22-28-35)17-14-11-8-5-2)36-29-23-33(24-30-36)18-15-12-9-6-3;5-1(6,3(9,10)11)2(7,8)4(12,13)17(14,15)16/h19-30H,4-18H2,1-3H3;(H,14,15,16). The molecule has 1 N–H and O–H groups in total. The summed E-state index contributed by atoms with van der Waals surface area (Å²) in [5.41, 5.74) is 4.46. The molecule has 0 fully saturated rings.